The first-order valence-corrected chi connectivity index (χ1v) is 9.32. The maximum absolute atomic E-state index is 11.8. The van der Waals surface area contributed by atoms with Gasteiger partial charge in [0.1, 0.15) is 0 Å². The van der Waals surface area contributed by atoms with Crippen molar-refractivity contribution in [3.63, 3.8) is 0 Å². The lowest BCUT2D eigenvalue weighted by Gasteiger charge is -2.26. The molecule has 27 heavy (non-hydrogen) atoms. The Bertz CT molecular complexity index is 988. The fraction of sp³-hybridized carbons (Fsp3) is 0.318. The van der Waals surface area contributed by atoms with E-state index >= 15 is 0 Å². The van der Waals surface area contributed by atoms with Gasteiger partial charge in [0, 0.05) is 69.1 Å². The average molecular weight is 360 g/mol. The van der Waals surface area contributed by atoms with Gasteiger partial charge in [-0.25, -0.2) is 0 Å². The molecule has 1 aliphatic heterocycles. The maximum atomic E-state index is 11.8. The Morgan fingerprint density at radius 3 is 2.67 bits per heavy atom. The number of nitrogens with zero attached hydrogens (tertiary/aromatic N) is 4. The van der Waals surface area contributed by atoms with Crippen molar-refractivity contribution in [1.29, 1.82) is 0 Å². The van der Waals surface area contributed by atoms with Crippen LogP contribution in [0.5, 0.6) is 0 Å². The van der Waals surface area contributed by atoms with Gasteiger partial charge in [-0.15, -0.1) is 0 Å². The van der Waals surface area contributed by atoms with E-state index in [0.29, 0.717) is 6.54 Å². The van der Waals surface area contributed by atoms with Crippen LogP contribution >= 0.6 is 0 Å². The van der Waals surface area contributed by atoms with Crippen molar-refractivity contribution >= 4 is 5.91 Å². The minimum Gasteiger partial charge on any atom is -0.338 e. The van der Waals surface area contributed by atoms with Crippen molar-refractivity contribution in [3.8, 4) is 11.1 Å². The molecule has 4 rings (SSSR count). The van der Waals surface area contributed by atoms with E-state index in [1.165, 1.54) is 27.9 Å². The third-order valence-electron chi connectivity index (χ3n) is 5.45. The number of hydrogen-bond acceptors (Lipinski definition) is 3. The van der Waals surface area contributed by atoms with Crippen molar-refractivity contribution in [3.05, 3.63) is 70.8 Å². The number of carbonyl (C=O) groups excluding carboxylic acids is 1. The first kappa shape index (κ1) is 17.5. The topological polar surface area (TPSA) is 51.0 Å². The van der Waals surface area contributed by atoms with E-state index in [9.17, 15) is 4.79 Å². The lowest BCUT2D eigenvalue weighted by Crippen LogP contribution is -2.34. The molecule has 5 nitrogen and oxygen atoms in total. The average Bonchev–Trinajstić information content (AvgIpc) is 2.98. The van der Waals surface area contributed by atoms with Crippen LogP contribution in [0.4, 0.5) is 0 Å². The van der Waals surface area contributed by atoms with Gasteiger partial charge in [-0.2, -0.15) is 5.10 Å². The monoisotopic (exact) mass is 360 g/mol. The van der Waals surface area contributed by atoms with Crippen LogP contribution in [0.15, 0.2) is 42.7 Å². The Morgan fingerprint density at radius 1 is 1.19 bits per heavy atom. The SMILES string of the molecule is CC(=O)N1CCc2c(c(Cc3ccc(-c4cnccc4C)cc3)nn2C)C1. The summed E-state index contributed by atoms with van der Waals surface area (Å²) in [5.41, 5.74) is 8.33. The first-order valence-electron chi connectivity index (χ1n) is 9.32. The van der Waals surface area contributed by atoms with E-state index in [1.807, 2.05) is 35.1 Å². The molecule has 0 atom stereocenters. The molecule has 2 aromatic heterocycles. The van der Waals surface area contributed by atoms with Crippen LogP contribution in [0.25, 0.3) is 11.1 Å². The summed E-state index contributed by atoms with van der Waals surface area (Å²) in [4.78, 5) is 17.9. The standard InChI is InChI=1S/C22H24N4O/c1-15-8-10-23-13-19(15)18-6-4-17(5-7-18)12-21-20-14-26(16(2)27)11-9-22(20)25(3)24-21/h4-8,10,13H,9,11-12,14H2,1-3H3. The normalized spacial score (nSPS) is 13.5. The number of aryl methyl sites for hydroxylation is 2. The van der Waals surface area contributed by atoms with Gasteiger partial charge in [0.15, 0.2) is 0 Å². The van der Waals surface area contributed by atoms with E-state index in [4.69, 9.17) is 5.10 Å². The molecule has 0 saturated heterocycles. The smallest absolute Gasteiger partial charge is 0.219 e. The quantitative estimate of drug-likeness (QED) is 0.720. The molecular formula is C22H24N4O. The van der Waals surface area contributed by atoms with Gasteiger partial charge in [0.25, 0.3) is 0 Å². The van der Waals surface area contributed by atoms with E-state index in [2.05, 4.69) is 36.2 Å². The van der Waals surface area contributed by atoms with Crippen LogP contribution in [0.3, 0.4) is 0 Å². The number of amides is 1. The summed E-state index contributed by atoms with van der Waals surface area (Å²) in [5, 5.41) is 4.74. The van der Waals surface area contributed by atoms with E-state index in [0.717, 1.165) is 30.6 Å². The molecule has 0 fully saturated rings. The third-order valence-corrected chi connectivity index (χ3v) is 5.45. The second-order valence-electron chi connectivity index (χ2n) is 7.25. The zero-order valence-electron chi connectivity index (χ0n) is 16.1. The molecule has 3 heterocycles. The van der Waals surface area contributed by atoms with Crippen molar-refractivity contribution < 1.29 is 4.79 Å². The predicted molar refractivity (Wildman–Crippen MR) is 105 cm³/mol. The molecular weight excluding hydrogens is 336 g/mol. The largest absolute Gasteiger partial charge is 0.338 e. The molecule has 0 unspecified atom stereocenters. The second-order valence-corrected chi connectivity index (χ2v) is 7.25. The highest BCUT2D eigenvalue weighted by molar-refractivity contribution is 5.73. The molecule has 138 valence electrons. The molecule has 0 bridgehead atoms. The Morgan fingerprint density at radius 2 is 1.96 bits per heavy atom. The number of hydrogen-bond donors (Lipinski definition) is 0. The summed E-state index contributed by atoms with van der Waals surface area (Å²) in [5.74, 6) is 0.131. The van der Waals surface area contributed by atoms with Gasteiger partial charge in [0.2, 0.25) is 5.91 Å². The third kappa shape index (κ3) is 3.37. The summed E-state index contributed by atoms with van der Waals surface area (Å²) in [6.45, 7) is 5.19. The molecule has 0 aliphatic carbocycles. The van der Waals surface area contributed by atoms with Crippen LogP contribution in [-0.2, 0) is 31.2 Å². The van der Waals surface area contributed by atoms with Gasteiger partial charge in [0.05, 0.1) is 5.69 Å². The molecule has 1 aromatic carbocycles. The molecule has 0 saturated carbocycles. The van der Waals surface area contributed by atoms with Crippen LogP contribution in [-0.4, -0.2) is 32.1 Å². The lowest BCUT2D eigenvalue weighted by molar-refractivity contribution is -0.129. The zero-order chi connectivity index (χ0) is 19.0. The van der Waals surface area contributed by atoms with Crippen molar-refractivity contribution in [1.82, 2.24) is 19.7 Å². The highest BCUT2D eigenvalue weighted by Crippen LogP contribution is 2.26. The van der Waals surface area contributed by atoms with E-state index in [1.54, 1.807) is 6.92 Å². The minimum absolute atomic E-state index is 0.131. The highest BCUT2D eigenvalue weighted by Gasteiger charge is 2.25. The number of aromatic nitrogens is 3. The van der Waals surface area contributed by atoms with Gasteiger partial charge >= 0.3 is 0 Å². The summed E-state index contributed by atoms with van der Waals surface area (Å²) >= 11 is 0. The number of benzene rings is 1. The molecule has 3 aromatic rings. The summed E-state index contributed by atoms with van der Waals surface area (Å²) < 4.78 is 1.98. The highest BCUT2D eigenvalue weighted by atomic mass is 16.2. The molecule has 1 amide bonds. The molecule has 0 radical (unpaired) electrons. The maximum Gasteiger partial charge on any atom is 0.219 e. The minimum atomic E-state index is 0.131. The van der Waals surface area contributed by atoms with Crippen molar-refractivity contribution in [2.75, 3.05) is 6.54 Å². The van der Waals surface area contributed by atoms with Crippen molar-refractivity contribution in [2.45, 2.75) is 33.2 Å². The van der Waals surface area contributed by atoms with Crippen LogP contribution < -0.4 is 0 Å². The number of pyridine rings is 1. The molecule has 1 aliphatic rings. The summed E-state index contributed by atoms with van der Waals surface area (Å²) in [7, 11) is 2.00. The van der Waals surface area contributed by atoms with Gasteiger partial charge in [-0.1, -0.05) is 24.3 Å². The molecule has 0 N–H and O–H groups in total. The van der Waals surface area contributed by atoms with Crippen LogP contribution in [0.1, 0.15) is 35.0 Å². The number of rotatable bonds is 3. The Balaban J connectivity index is 1.59. The van der Waals surface area contributed by atoms with Crippen molar-refractivity contribution in [2.24, 2.45) is 7.05 Å². The van der Waals surface area contributed by atoms with Gasteiger partial charge in [-0.05, 0) is 29.7 Å². The first-order chi connectivity index (χ1) is 13.0. The number of carbonyl (C=O) groups is 1. The Kier molecular flexibility index (Phi) is 4.52. The Hall–Kier alpha value is -2.95. The van der Waals surface area contributed by atoms with Gasteiger partial charge < -0.3 is 4.90 Å². The van der Waals surface area contributed by atoms with E-state index < -0.39 is 0 Å². The zero-order valence-corrected chi connectivity index (χ0v) is 16.1. The molecule has 0 spiro atoms. The fourth-order valence-electron chi connectivity index (χ4n) is 3.84. The van der Waals surface area contributed by atoms with E-state index in [-0.39, 0.29) is 5.91 Å². The predicted octanol–water partition coefficient (Wildman–Crippen LogP) is 3.29. The fourth-order valence-corrected chi connectivity index (χ4v) is 3.84. The summed E-state index contributed by atoms with van der Waals surface area (Å²) in [6.07, 6.45) is 5.39. The Labute approximate surface area is 159 Å². The summed E-state index contributed by atoms with van der Waals surface area (Å²) in [6, 6.07) is 10.7. The molecule has 5 heteroatoms. The second kappa shape index (κ2) is 6.99. The van der Waals surface area contributed by atoms with Crippen LogP contribution in [0, 0.1) is 6.92 Å². The van der Waals surface area contributed by atoms with Crippen LogP contribution in [0.2, 0.25) is 0 Å². The lowest BCUT2D eigenvalue weighted by atomic mass is 9.98. The van der Waals surface area contributed by atoms with Gasteiger partial charge in [-0.3, -0.25) is 14.5 Å². The number of fused-ring (bicyclic) bond motifs is 1.